The maximum atomic E-state index is 12.4. The van der Waals surface area contributed by atoms with Crippen LogP contribution in [0.2, 0.25) is 0 Å². The number of amides is 1. The molecule has 0 saturated carbocycles. The Kier molecular flexibility index (Phi) is 6.68. The van der Waals surface area contributed by atoms with Gasteiger partial charge in [0.2, 0.25) is 0 Å². The van der Waals surface area contributed by atoms with E-state index in [1.807, 2.05) is 34.7 Å². The van der Waals surface area contributed by atoms with Gasteiger partial charge >= 0.3 is 12.1 Å². The number of nitrogens with zero attached hydrogens (tertiary/aromatic N) is 3. The Bertz CT molecular complexity index is 469. The van der Waals surface area contributed by atoms with Gasteiger partial charge < -0.3 is 19.3 Å². The zero-order valence-electron chi connectivity index (χ0n) is 16.3. The van der Waals surface area contributed by atoms with Crippen LogP contribution in [0, 0.1) is 0 Å². The number of hydrogen-bond acceptors (Lipinski definition) is 6. The number of esters is 1. The summed E-state index contributed by atoms with van der Waals surface area (Å²) in [6.45, 7) is 11.7. The minimum absolute atomic E-state index is 0.136. The number of carbonyl (C=O) groups excluding carboxylic acids is 2. The highest BCUT2D eigenvalue weighted by Crippen LogP contribution is 2.23. The molecule has 2 rings (SSSR count). The molecule has 0 aromatic carbocycles. The van der Waals surface area contributed by atoms with Crippen LogP contribution in [0.5, 0.6) is 0 Å². The first-order valence-corrected chi connectivity index (χ1v) is 9.30. The van der Waals surface area contributed by atoms with Gasteiger partial charge in [0, 0.05) is 38.8 Å². The highest BCUT2D eigenvalue weighted by Gasteiger charge is 2.38. The van der Waals surface area contributed by atoms with Gasteiger partial charge in [0.15, 0.2) is 0 Å². The number of piperazine rings is 1. The molecule has 0 spiro atoms. The number of hydrogen-bond donors (Lipinski definition) is 0. The zero-order chi connectivity index (χ0) is 18.6. The second-order valence-electron chi connectivity index (χ2n) is 7.97. The molecular formula is C18H33N3O4. The fraction of sp³-hybridized carbons (Fsp3) is 0.889. The summed E-state index contributed by atoms with van der Waals surface area (Å²) in [6.07, 6.45) is 1.48. The Hall–Kier alpha value is -1.34. The van der Waals surface area contributed by atoms with E-state index >= 15 is 0 Å². The molecule has 0 N–H and O–H groups in total. The number of carbonyl (C=O) groups is 2. The lowest BCUT2D eigenvalue weighted by Gasteiger charge is -2.45. The van der Waals surface area contributed by atoms with Gasteiger partial charge in [-0.25, -0.2) is 4.79 Å². The number of ether oxygens (including phenoxy) is 2. The van der Waals surface area contributed by atoms with Gasteiger partial charge in [0.25, 0.3) is 0 Å². The van der Waals surface area contributed by atoms with Crippen molar-refractivity contribution < 1.29 is 19.1 Å². The van der Waals surface area contributed by atoms with Crippen molar-refractivity contribution in [3.63, 3.8) is 0 Å². The molecule has 0 unspecified atom stereocenters. The number of piperidine rings is 1. The predicted octanol–water partition coefficient (Wildman–Crippen LogP) is 1.57. The molecule has 2 fully saturated rings. The summed E-state index contributed by atoms with van der Waals surface area (Å²) >= 11 is 0. The Morgan fingerprint density at radius 3 is 2.28 bits per heavy atom. The quantitative estimate of drug-likeness (QED) is 0.716. The lowest BCUT2D eigenvalue weighted by Crippen LogP contribution is -2.60. The topological polar surface area (TPSA) is 62.3 Å². The third-order valence-corrected chi connectivity index (χ3v) is 4.77. The van der Waals surface area contributed by atoms with Gasteiger partial charge in [0.1, 0.15) is 11.6 Å². The average Bonchev–Trinajstić information content (AvgIpc) is 2.53. The van der Waals surface area contributed by atoms with Crippen molar-refractivity contribution >= 4 is 12.1 Å². The Morgan fingerprint density at radius 1 is 1.08 bits per heavy atom. The summed E-state index contributed by atoms with van der Waals surface area (Å²) in [7, 11) is 2.04. The summed E-state index contributed by atoms with van der Waals surface area (Å²) in [5.74, 6) is -0.136. The van der Waals surface area contributed by atoms with Crippen molar-refractivity contribution in [2.75, 3.05) is 46.4 Å². The Morgan fingerprint density at radius 2 is 1.72 bits per heavy atom. The van der Waals surface area contributed by atoms with Crippen molar-refractivity contribution in [3.05, 3.63) is 0 Å². The number of likely N-dealkylation sites (tertiary alicyclic amines) is 1. The summed E-state index contributed by atoms with van der Waals surface area (Å²) in [4.78, 5) is 30.8. The fourth-order valence-electron chi connectivity index (χ4n) is 3.53. The van der Waals surface area contributed by atoms with Crippen LogP contribution < -0.4 is 0 Å². The van der Waals surface area contributed by atoms with Crippen molar-refractivity contribution in [1.82, 2.24) is 14.7 Å². The van der Waals surface area contributed by atoms with Crippen molar-refractivity contribution in [1.29, 1.82) is 0 Å². The first-order valence-electron chi connectivity index (χ1n) is 9.30. The molecule has 0 bridgehead atoms. The largest absolute Gasteiger partial charge is 0.465 e. The maximum absolute atomic E-state index is 12.4. The highest BCUT2D eigenvalue weighted by atomic mass is 16.6. The smallest absolute Gasteiger partial charge is 0.410 e. The fourth-order valence-corrected chi connectivity index (χ4v) is 3.53. The van der Waals surface area contributed by atoms with E-state index in [1.165, 1.54) is 0 Å². The molecule has 0 radical (unpaired) electrons. The molecule has 1 atom stereocenters. The van der Waals surface area contributed by atoms with E-state index in [2.05, 4.69) is 9.80 Å². The van der Waals surface area contributed by atoms with Crippen LogP contribution in [0.25, 0.3) is 0 Å². The van der Waals surface area contributed by atoms with Crippen molar-refractivity contribution in [2.24, 2.45) is 0 Å². The van der Waals surface area contributed by atoms with Crippen LogP contribution >= 0.6 is 0 Å². The van der Waals surface area contributed by atoms with Crippen LogP contribution in [-0.4, -0.2) is 90.8 Å². The molecule has 0 aliphatic carbocycles. The number of likely N-dealkylation sites (N-methyl/N-ethyl adjacent to an activating group) is 1. The van der Waals surface area contributed by atoms with E-state index < -0.39 is 5.60 Å². The molecular weight excluding hydrogens is 322 g/mol. The molecule has 0 aromatic heterocycles. The molecule has 144 valence electrons. The SMILES string of the molecule is CCOC(=O)[C@@H]1CN(C)CCN1C1CCN(C(=O)OC(C)(C)C)CC1. The van der Waals surface area contributed by atoms with Crippen molar-refractivity contribution in [2.45, 2.75) is 58.2 Å². The van der Waals surface area contributed by atoms with E-state index in [9.17, 15) is 9.59 Å². The minimum Gasteiger partial charge on any atom is -0.465 e. The second-order valence-corrected chi connectivity index (χ2v) is 7.97. The molecule has 1 amide bonds. The first-order chi connectivity index (χ1) is 11.7. The standard InChI is InChI=1S/C18H33N3O4/c1-6-24-16(22)15-13-19(5)11-12-21(15)14-7-9-20(10-8-14)17(23)25-18(2,3)4/h14-15H,6-13H2,1-5H3/t15-/m0/s1. The minimum atomic E-state index is -0.472. The molecule has 2 heterocycles. The molecule has 7 heteroatoms. The summed E-state index contributed by atoms with van der Waals surface area (Å²) in [6, 6.07) is 0.0959. The molecule has 2 aliphatic heterocycles. The summed E-state index contributed by atoms with van der Waals surface area (Å²) < 4.78 is 10.7. The third-order valence-electron chi connectivity index (χ3n) is 4.77. The highest BCUT2D eigenvalue weighted by molar-refractivity contribution is 5.76. The van der Waals surface area contributed by atoms with Crippen LogP contribution in [0.15, 0.2) is 0 Å². The van der Waals surface area contributed by atoms with Gasteiger partial charge in [-0.3, -0.25) is 9.69 Å². The second kappa shape index (κ2) is 8.36. The molecule has 25 heavy (non-hydrogen) atoms. The van der Waals surface area contributed by atoms with Crippen LogP contribution in [-0.2, 0) is 14.3 Å². The van der Waals surface area contributed by atoms with Gasteiger partial charge in [-0.1, -0.05) is 0 Å². The van der Waals surface area contributed by atoms with E-state index in [-0.39, 0.29) is 18.1 Å². The van der Waals surface area contributed by atoms with Gasteiger partial charge in [0.05, 0.1) is 6.61 Å². The Labute approximate surface area is 151 Å². The molecule has 7 nitrogen and oxygen atoms in total. The summed E-state index contributed by atoms with van der Waals surface area (Å²) in [5, 5.41) is 0. The summed E-state index contributed by atoms with van der Waals surface area (Å²) in [5.41, 5.74) is -0.472. The molecule has 2 saturated heterocycles. The molecule has 0 aromatic rings. The van der Waals surface area contributed by atoms with Gasteiger partial charge in [-0.05, 0) is 47.6 Å². The number of rotatable bonds is 3. The van der Waals surface area contributed by atoms with E-state index in [4.69, 9.17) is 9.47 Å². The average molecular weight is 355 g/mol. The zero-order valence-corrected chi connectivity index (χ0v) is 16.3. The first kappa shape index (κ1) is 20.0. The third kappa shape index (κ3) is 5.57. The monoisotopic (exact) mass is 355 g/mol. The molecule has 2 aliphatic rings. The van der Waals surface area contributed by atoms with Crippen LogP contribution in [0.3, 0.4) is 0 Å². The van der Waals surface area contributed by atoms with E-state index in [0.29, 0.717) is 32.3 Å². The normalized spacial score (nSPS) is 24.2. The Balaban J connectivity index is 1.93. The van der Waals surface area contributed by atoms with Crippen LogP contribution in [0.4, 0.5) is 4.79 Å². The van der Waals surface area contributed by atoms with Gasteiger partial charge in [-0.2, -0.15) is 0 Å². The maximum Gasteiger partial charge on any atom is 0.410 e. The van der Waals surface area contributed by atoms with E-state index in [1.54, 1.807) is 4.90 Å². The lowest BCUT2D eigenvalue weighted by atomic mass is 9.99. The van der Waals surface area contributed by atoms with Gasteiger partial charge in [-0.15, -0.1) is 0 Å². The van der Waals surface area contributed by atoms with Crippen LogP contribution in [0.1, 0.15) is 40.5 Å². The predicted molar refractivity (Wildman–Crippen MR) is 95.5 cm³/mol. The lowest BCUT2D eigenvalue weighted by molar-refractivity contribution is -0.154. The van der Waals surface area contributed by atoms with E-state index in [0.717, 1.165) is 25.9 Å². The van der Waals surface area contributed by atoms with Crippen molar-refractivity contribution in [3.8, 4) is 0 Å².